The fraction of sp³-hybridized carbons (Fsp3) is 0.219. The van der Waals surface area contributed by atoms with E-state index >= 15 is 0 Å². The van der Waals surface area contributed by atoms with Crippen molar-refractivity contribution in [1.82, 2.24) is 4.57 Å². The maximum atomic E-state index is 14.0. The maximum Gasteiger partial charge on any atom is 0.338 e. The number of hydrogen-bond donors (Lipinski definition) is 0. The molecule has 2 heterocycles. The molecule has 4 aromatic rings. The molecule has 1 atom stereocenters. The van der Waals surface area contributed by atoms with E-state index in [1.807, 2.05) is 6.92 Å². The Morgan fingerprint density at radius 3 is 2.39 bits per heavy atom. The van der Waals surface area contributed by atoms with Crippen LogP contribution in [0.4, 0.5) is 0 Å². The summed E-state index contributed by atoms with van der Waals surface area (Å²) in [6.07, 6.45) is 1.76. The molecule has 7 nitrogen and oxygen atoms in total. The Morgan fingerprint density at radius 2 is 1.70 bits per heavy atom. The van der Waals surface area contributed by atoms with E-state index in [1.54, 1.807) is 74.5 Å². The van der Waals surface area contributed by atoms with Crippen molar-refractivity contribution in [2.75, 3.05) is 13.2 Å². The van der Waals surface area contributed by atoms with E-state index in [0.717, 1.165) is 5.56 Å². The van der Waals surface area contributed by atoms with E-state index in [0.29, 0.717) is 69.4 Å². The van der Waals surface area contributed by atoms with Crippen molar-refractivity contribution < 1.29 is 19.0 Å². The van der Waals surface area contributed by atoms with E-state index in [2.05, 4.69) is 20.9 Å². The van der Waals surface area contributed by atoms with E-state index < -0.39 is 12.0 Å². The van der Waals surface area contributed by atoms with Crippen LogP contribution in [0, 0.1) is 0 Å². The maximum absolute atomic E-state index is 14.0. The van der Waals surface area contributed by atoms with Gasteiger partial charge in [-0.1, -0.05) is 80.3 Å². The molecule has 0 N–H and O–H groups in total. The van der Waals surface area contributed by atoms with Gasteiger partial charge in [0, 0.05) is 25.1 Å². The zero-order valence-electron chi connectivity index (χ0n) is 23.8. The van der Waals surface area contributed by atoms with Gasteiger partial charge in [-0.05, 0) is 74.4 Å². The fourth-order valence-corrected chi connectivity index (χ4v) is 6.79. The van der Waals surface area contributed by atoms with Crippen molar-refractivity contribution in [3.8, 4) is 11.5 Å². The second-order valence-electron chi connectivity index (χ2n) is 9.63. The van der Waals surface area contributed by atoms with Crippen LogP contribution >= 0.6 is 62.1 Å². The van der Waals surface area contributed by atoms with Gasteiger partial charge in [0.1, 0.15) is 6.61 Å². The van der Waals surface area contributed by atoms with Crippen LogP contribution in [-0.2, 0) is 16.1 Å². The number of esters is 1. The second-order valence-corrected chi connectivity index (χ2v) is 12.8. The lowest BCUT2D eigenvalue weighted by atomic mass is 9.96. The number of aromatic nitrogens is 1. The predicted octanol–water partition coefficient (Wildman–Crippen LogP) is 7.50. The van der Waals surface area contributed by atoms with Gasteiger partial charge in [-0.25, -0.2) is 9.79 Å². The second kappa shape index (κ2) is 13.9. The van der Waals surface area contributed by atoms with Crippen LogP contribution in [0.3, 0.4) is 0 Å². The lowest BCUT2D eigenvalue weighted by molar-refractivity contribution is -0.139. The van der Waals surface area contributed by atoms with Gasteiger partial charge in [0.2, 0.25) is 0 Å². The standard InChI is InChI=1S/C32H26BrCl3N2O5S/c1-4-41-25-12-20(23(33)15-26(25)43-16-19-8-11-22(35)14-24(19)36)13-27-30(39)38-29(18-6-9-21(34)10-7-18)28(31(40)42-5-2)17(3)37-32(38)44-27/h6-15,29H,4-5,16H2,1-3H3/b27-13-/t29-/m0/s1. The van der Waals surface area contributed by atoms with Gasteiger partial charge >= 0.3 is 5.97 Å². The van der Waals surface area contributed by atoms with Crippen LogP contribution in [0.1, 0.15) is 43.5 Å². The third-order valence-electron chi connectivity index (χ3n) is 6.75. The molecule has 0 saturated heterocycles. The molecule has 0 aliphatic carbocycles. The Morgan fingerprint density at radius 1 is 1.00 bits per heavy atom. The van der Waals surface area contributed by atoms with Crippen molar-refractivity contribution in [3.63, 3.8) is 0 Å². The highest BCUT2D eigenvalue weighted by Crippen LogP contribution is 2.36. The van der Waals surface area contributed by atoms with Gasteiger partial charge in [-0.3, -0.25) is 9.36 Å². The number of rotatable bonds is 9. The zero-order chi connectivity index (χ0) is 31.5. The Labute approximate surface area is 281 Å². The van der Waals surface area contributed by atoms with E-state index in [9.17, 15) is 9.59 Å². The third-order valence-corrected chi connectivity index (χ3v) is 9.26. The molecule has 0 spiro atoms. The Balaban J connectivity index is 1.58. The Kier molecular flexibility index (Phi) is 10.2. The molecule has 0 bridgehead atoms. The van der Waals surface area contributed by atoms with Gasteiger partial charge in [0.15, 0.2) is 16.3 Å². The molecule has 12 heteroatoms. The molecule has 1 aliphatic rings. The third kappa shape index (κ3) is 6.77. The quantitative estimate of drug-likeness (QED) is 0.167. The van der Waals surface area contributed by atoms with Gasteiger partial charge in [0.05, 0.1) is 35.1 Å². The van der Waals surface area contributed by atoms with Crippen LogP contribution in [0.5, 0.6) is 11.5 Å². The normalized spacial score (nSPS) is 14.7. The number of allylic oxidation sites excluding steroid dienone is 1. The molecule has 3 aromatic carbocycles. The van der Waals surface area contributed by atoms with Gasteiger partial charge in [0.25, 0.3) is 5.56 Å². The summed E-state index contributed by atoms with van der Waals surface area (Å²) in [5.74, 6) is 0.475. The molecule has 228 valence electrons. The monoisotopic (exact) mass is 734 g/mol. The number of carbonyl (C=O) groups is 1. The highest BCUT2D eigenvalue weighted by Gasteiger charge is 2.33. The number of carbonyl (C=O) groups excluding carboxylic acids is 1. The fourth-order valence-electron chi connectivity index (χ4n) is 4.73. The summed E-state index contributed by atoms with van der Waals surface area (Å²) in [4.78, 5) is 32.2. The molecule has 0 unspecified atom stereocenters. The summed E-state index contributed by atoms with van der Waals surface area (Å²) >= 11 is 23.4. The first kappa shape index (κ1) is 32.3. The molecule has 0 fully saturated rings. The number of fused-ring (bicyclic) bond motifs is 1. The largest absolute Gasteiger partial charge is 0.490 e. The lowest BCUT2D eigenvalue weighted by Gasteiger charge is -2.24. The van der Waals surface area contributed by atoms with Crippen LogP contribution in [0.2, 0.25) is 15.1 Å². The summed E-state index contributed by atoms with van der Waals surface area (Å²) in [5.41, 5.74) is 2.66. The summed E-state index contributed by atoms with van der Waals surface area (Å²) in [6, 6.07) is 15.1. The van der Waals surface area contributed by atoms with Crippen molar-refractivity contribution in [1.29, 1.82) is 0 Å². The van der Waals surface area contributed by atoms with Crippen molar-refractivity contribution in [2.45, 2.75) is 33.4 Å². The van der Waals surface area contributed by atoms with Gasteiger partial charge in [-0.15, -0.1) is 0 Å². The number of ether oxygens (including phenoxy) is 3. The van der Waals surface area contributed by atoms with Crippen LogP contribution < -0.4 is 24.4 Å². The average molecular weight is 737 g/mol. The Hall–Kier alpha value is -3.08. The summed E-state index contributed by atoms with van der Waals surface area (Å²) in [7, 11) is 0. The van der Waals surface area contributed by atoms with Crippen LogP contribution in [0.15, 0.2) is 80.1 Å². The summed E-state index contributed by atoms with van der Waals surface area (Å²) in [5, 5.41) is 1.58. The van der Waals surface area contributed by atoms with Crippen LogP contribution in [0.25, 0.3) is 6.08 Å². The lowest BCUT2D eigenvalue weighted by Crippen LogP contribution is -2.39. The zero-order valence-corrected chi connectivity index (χ0v) is 28.5. The van der Waals surface area contributed by atoms with Gasteiger partial charge < -0.3 is 14.2 Å². The minimum absolute atomic E-state index is 0.190. The summed E-state index contributed by atoms with van der Waals surface area (Å²) < 4.78 is 20.0. The number of nitrogens with zero attached hydrogens (tertiary/aromatic N) is 2. The number of benzene rings is 3. The minimum Gasteiger partial charge on any atom is -0.490 e. The molecule has 1 aliphatic heterocycles. The van der Waals surface area contributed by atoms with Crippen molar-refractivity contribution >= 4 is 74.1 Å². The van der Waals surface area contributed by atoms with Crippen molar-refractivity contribution in [3.05, 3.63) is 122 Å². The molecular formula is C32H26BrCl3N2O5S. The molecule has 0 saturated carbocycles. The highest BCUT2D eigenvalue weighted by molar-refractivity contribution is 9.10. The van der Waals surface area contributed by atoms with Crippen molar-refractivity contribution in [2.24, 2.45) is 4.99 Å². The van der Waals surface area contributed by atoms with Gasteiger partial charge in [-0.2, -0.15) is 0 Å². The van der Waals surface area contributed by atoms with Crippen LogP contribution in [-0.4, -0.2) is 23.8 Å². The van der Waals surface area contributed by atoms with E-state index in [4.69, 9.17) is 49.0 Å². The first-order valence-corrected chi connectivity index (χ1v) is 16.3. The molecule has 0 amide bonds. The molecule has 0 radical (unpaired) electrons. The Bertz CT molecular complexity index is 1950. The average Bonchev–Trinajstić information content (AvgIpc) is 3.28. The predicted molar refractivity (Wildman–Crippen MR) is 178 cm³/mol. The minimum atomic E-state index is -0.734. The topological polar surface area (TPSA) is 79.1 Å². The van der Waals surface area contributed by atoms with E-state index in [1.165, 1.54) is 15.9 Å². The smallest absolute Gasteiger partial charge is 0.338 e. The highest BCUT2D eigenvalue weighted by atomic mass is 79.9. The SMILES string of the molecule is CCOC(=O)C1=C(C)N=c2s/c(=C\c3cc(OCC)c(OCc4ccc(Cl)cc4Cl)cc3Br)c(=O)n2[C@H]1c1ccc(Cl)cc1. The molecule has 5 rings (SSSR count). The molecular weight excluding hydrogens is 711 g/mol. The first-order valence-electron chi connectivity index (χ1n) is 13.6. The number of thiazole rings is 1. The van der Waals surface area contributed by atoms with E-state index in [-0.39, 0.29) is 18.8 Å². The number of halogens is 4. The first-order chi connectivity index (χ1) is 21.1. The molecule has 1 aromatic heterocycles. The number of hydrogen-bond acceptors (Lipinski definition) is 7. The molecule has 44 heavy (non-hydrogen) atoms. The summed E-state index contributed by atoms with van der Waals surface area (Å²) in [6.45, 7) is 6.15.